The van der Waals surface area contributed by atoms with Crippen LogP contribution in [0.4, 0.5) is 0 Å². The lowest BCUT2D eigenvalue weighted by atomic mass is 10.8. The number of isocyanates is 1. The zero-order valence-corrected chi connectivity index (χ0v) is 6.31. The Morgan fingerprint density at radius 1 is 1.80 bits per heavy atom. The smallest absolute Gasteiger partial charge is 0.317 e. The van der Waals surface area contributed by atoms with Crippen LogP contribution in [0.25, 0.3) is 0 Å². The average molecular weight is 161 g/mol. The van der Waals surface area contributed by atoms with E-state index in [4.69, 9.17) is 0 Å². The van der Waals surface area contributed by atoms with Crippen LogP contribution in [0.1, 0.15) is 6.92 Å². The topological polar surface area (TPSA) is 55.7 Å². The molecular formula is C5H7NO3S. The Morgan fingerprint density at radius 3 is 3.00 bits per heavy atom. The Labute approximate surface area is 62.8 Å². The maximum atomic E-state index is 10.5. The van der Waals surface area contributed by atoms with Gasteiger partial charge in [0.15, 0.2) is 0 Å². The van der Waals surface area contributed by atoms with Crippen molar-refractivity contribution in [3.63, 3.8) is 0 Å². The number of rotatable bonds is 4. The first-order chi connectivity index (χ1) is 4.81. The summed E-state index contributed by atoms with van der Waals surface area (Å²) >= 11 is 0.828. The molecule has 0 aliphatic carbocycles. The van der Waals surface area contributed by atoms with E-state index in [0.717, 1.165) is 11.9 Å². The van der Waals surface area contributed by atoms with Crippen molar-refractivity contribution in [1.82, 2.24) is 0 Å². The normalized spacial score (nSPS) is 8.10. The summed E-state index contributed by atoms with van der Waals surface area (Å²) in [5.41, 5.74) is 0. The van der Waals surface area contributed by atoms with Crippen LogP contribution in [-0.4, -0.2) is 24.4 Å². The zero-order chi connectivity index (χ0) is 7.82. The van der Waals surface area contributed by atoms with Crippen molar-refractivity contribution in [3.8, 4) is 0 Å². The molecule has 0 saturated heterocycles. The number of esters is 1. The maximum Gasteiger partial charge on any atom is 0.317 e. The van der Waals surface area contributed by atoms with Crippen molar-refractivity contribution in [2.24, 2.45) is 4.40 Å². The molecule has 0 N–H and O–H groups in total. The molecule has 56 valence electrons. The van der Waals surface area contributed by atoms with Crippen LogP contribution in [-0.2, 0) is 14.3 Å². The molecule has 5 heteroatoms. The van der Waals surface area contributed by atoms with Crippen LogP contribution in [0.2, 0.25) is 0 Å². The molecule has 0 unspecified atom stereocenters. The van der Waals surface area contributed by atoms with Gasteiger partial charge in [0, 0.05) is 0 Å². The molecule has 0 aromatic carbocycles. The molecule has 0 aliphatic rings. The van der Waals surface area contributed by atoms with E-state index in [-0.39, 0.29) is 11.7 Å². The summed E-state index contributed by atoms with van der Waals surface area (Å²) < 4.78 is 7.64. The minimum atomic E-state index is -0.369. The highest BCUT2D eigenvalue weighted by Gasteiger charge is 1.98. The maximum absolute atomic E-state index is 10.5. The fourth-order valence-electron chi connectivity index (χ4n) is 0.314. The molecule has 0 heterocycles. The number of carbonyl (C=O) groups excluding carboxylic acids is 2. The predicted octanol–water partition coefficient (Wildman–Crippen LogP) is 0.534. The number of carbonyl (C=O) groups is 1. The molecule has 0 bridgehead atoms. The summed E-state index contributed by atoms with van der Waals surface area (Å²) in [6.07, 6.45) is 1.30. The highest BCUT2D eigenvalue weighted by molar-refractivity contribution is 7.98. The SMILES string of the molecule is CCOC(=O)CSN=C=O. The largest absolute Gasteiger partial charge is 0.465 e. The third-order valence-electron chi connectivity index (χ3n) is 0.590. The lowest BCUT2D eigenvalue weighted by Gasteiger charge is -1.95. The second-order valence-corrected chi connectivity index (χ2v) is 1.99. The molecule has 4 nitrogen and oxygen atoms in total. The highest BCUT2D eigenvalue weighted by atomic mass is 32.2. The number of hydrogen-bond donors (Lipinski definition) is 0. The molecule has 0 aliphatic heterocycles. The van der Waals surface area contributed by atoms with Crippen LogP contribution in [0.5, 0.6) is 0 Å². The molecule has 0 radical (unpaired) electrons. The molecule has 0 aromatic rings. The second kappa shape index (κ2) is 6.32. The first-order valence-electron chi connectivity index (χ1n) is 2.66. The first-order valence-corrected chi connectivity index (χ1v) is 3.60. The molecule has 0 rings (SSSR count). The fourth-order valence-corrected chi connectivity index (χ4v) is 0.620. The third kappa shape index (κ3) is 5.34. The zero-order valence-electron chi connectivity index (χ0n) is 5.49. The quantitative estimate of drug-likeness (QED) is 0.261. The van der Waals surface area contributed by atoms with Crippen LogP contribution in [0.3, 0.4) is 0 Å². The van der Waals surface area contributed by atoms with Crippen LogP contribution >= 0.6 is 11.9 Å². The van der Waals surface area contributed by atoms with Crippen molar-refractivity contribution < 1.29 is 14.3 Å². The van der Waals surface area contributed by atoms with Gasteiger partial charge in [-0.05, 0) is 18.9 Å². The first kappa shape index (κ1) is 9.20. The predicted molar refractivity (Wildman–Crippen MR) is 37.2 cm³/mol. The molecule has 0 fully saturated rings. The lowest BCUT2D eigenvalue weighted by Crippen LogP contribution is -2.05. The van der Waals surface area contributed by atoms with E-state index in [9.17, 15) is 9.59 Å². The number of hydrogen-bond acceptors (Lipinski definition) is 5. The summed E-state index contributed by atoms with van der Waals surface area (Å²) in [4.78, 5) is 20.0. The second-order valence-electron chi connectivity index (χ2n) is 1.26. The Balaban J connectivity index is 3.30. The van der Waals surface area contributed by atoms with Crippen LogP contribution in [0, 0.1) is 0 Å². The van der Waals surface area contributed by atoms with Gasteiger partial charge in [-0.25, -0.2) is 4.79 Å². The molecule has 0 atom stereocenters. The van der Waals surface area contributed by atoms with Gasteiger partial charge in [0.1, 0.15) is 5.75 Å². The molecule has 0 amide bonds. The average Bonchev–Trinajstić information content (AvgIpc) is 1.89. The van der Waals surface area contributed by atoms with Gasteiger partial charge in [0.05, 0.1) is 6.61 Å². The third-order valence-corrected chi connectivity index (χ3v) is 1.16. The Morgan fingerprint density at radius 2 is 2.50 bits per heavy atom. The van der Waals surface area contributed by atoms with Gasteiger partial charge in [-0.15, -0.1) is 4.40 Å². The fraction of sp³-hybridized carbons (Fsp3) is 0.600. The molecule has 0 spiro atoms. The van der Waals surface area contributed by atoms with E-state index >= 15 is 0 Å². The Hall–Kier alpha value is -0.800. The van der Waals surface area contributed by atoms with Crippen molar-refractivity contribution in [1.29, 1.82) is 0 Å². The Kier molecular flexibility index (Phi) is 5.82. The summed E-state index contributed by atoms with van der Waals surface area (Å²) in [5, 5.41) is 0. The summed E-state index contributed by atoms with van der Waals surface area (Å²) in [6, 6.07) is 0. The van der Waals surface area contributed by atoms with Gasteiger partial charge in [-0.2, -0.15) is 0 Å². The standard InChI is InChI=1S/C5H7NO3S/c1-2-9-5(8)3-10-6-4-7/h2-3H2,1H3. The van der Waals surface area contributed by atoms with Gasteiger partial charge in [-0.1, -0.05) is 0 Å². The van der Waals surface area contributed by atoms with Crippen molar-refractivity contribution in [2.75, 3.05) is 12.4 Å². The van der Waals surface area contributed by atoms with E-state index in [1.54, 1.807) is 6.92 Å². The van der Waals surface area contributed by atoms with Crippen molar-refractivity contribution in [2.45, 2.75) is 6.92 Å². The molecule has 10 heavy (non-hydrogen) atoms. The molecule has 0 saturated carbocycles. The molecular weight excluding hydrogens is 154 g/mol. The summed E-state index contributed by atoms with van der Waals surface area (Å²) in [5.74, 6) is -0.296. The van der Waals surface area contributed by atoms with Crippen molar-refractivity contribution in [3.05, 3.63) is 0 Å². The van der Waals surface area contributed by atoms with Gasteiger partial charge >= 0.3 is 5.97 Å². The summed E-state index contributed by atoms with van der Waals surface area (Å²) in [6.45, 7) is 2.07. The highest BCUT2D eigenvalue weighted by Crippen LogP contribution is 1.99. The van der Waals surface area contributed by atoms with E-state index < -0.39 is 0 Å². The molecule has 0 aromatic heterocycles. The van der Waals surface area contributed by atoms with E-state index in [1.165, 1.54) is 6.08 Å². The summed E-state index contributed by atoms with van der Waals surface area (Å²) in [7, 11) is 0. The van der Waals surface area contributed by atoms with E-state index in [0.29, 0.717) is 6.61 Å². The minimum absolute atomic E-state index is 0.0725. The minimum Gasteiger partial charge on any atom is -0.465 e. The van der Waals surface area contributed by atoms with E-state index in [1.807, 2.05) is 0 Å². The monoisotopic (exact) mass is 161 g/mol. The lowest BCUT2D eigenvalue weighted by molar-refractivity contribution is -0.139. The number of ether oxygens (including phenoxy) is 1. The van der Waals surface area contributed by atoms with Crippen LogP contribution in [0.15, 0.2) is 4.40 Å². The van der Waals surface area contributed by atoms with Gasteiger partial charge < -0.3 is 4.74 Å². The van der Waals surface area contributed by atoms with Gasteiger partial charge in [0.25, 0.3) is 0 Å². The van der Waals surface area contributed by atoms with Crippen LogP contribution < -0.4 is 0 Å². The van der Waals surface area contributed by atoms with Crippen molar-refractivity contribution >= 4 is 24.0 Å². The van der Waals surface area contributed by atoms with Gasteiger partial charge in [0.2, 0.25) is 6.08 Å². The van der Waals surface area contributed by atoms with Gasteiger partial charge in [-0.3, -0.25) is 4.79 Å². The van der Waals surface area contributed by atoms with E-state index in [2.05, 4.69) is 9.13 Å². The number of nitrogens with zero attached hydrogens (tertiary/aromatic N) is 1. The Bertz CT molecular complexity index is 153.